The monoisotopic (exact) mass is 216 g/mol. The SMILES string of the molecule is CCC/C=C/[C@@H](O)[C@H](C)C(=O)SCC. The van der Waals surface area contributed by atoms with E-state index in [1.54, 1.807) is 13.0 Å². The van der Waals surface area contributed by atoms with Crippen molar-refractivity contribution in [2.75, 3.05) is 5.75 Å². The van der Waals surface area contributed by atoms with Crippen molar-refractivity contribution < 1.29 is 9.90 Å². The molecule has 0 aromatic rings. The van der Waals surface area contributed by atoms with Crippen molar-refractivity contribution in [2.45, 2.75) is 39.7 Å². The second kappa shape index (κ2) is 8.06. The van der Waals surface area contributed by atoms with Crippen LogP contribution in [-0.2, 0) is 4.79 Å². The molecule has 0 spiro atoms. The first-order valence-electron chi connectivity index (χ1n) is 5.14. The quantitative estimate of drug-likeness (QED) is 0.693. The molecule has 0 saturated carbocycles. The molecule has 0 aromatic heterocycles. The molecule has 0 bridgehead atoms. The maximum Gasteiger partial charge on any atom is 0.194 e. The van der Waals surface area contributed by atoms with Gasteiger partial charge in [-0.1, -0.05) is 51.1 Å². The van der Waals surface area contributed by atoms with Crippen molar-refractivity contribution >= 4 is 16.9 Å². The molecular formula is C11H20O2S. The minimum absolute atomic E-state index is 0.0705. The van der Waals surface area contributed by atoms with Gasteiger partial charge in [-0.25, -0.2) is 0 Å². The maximum absolute atomic E-state index is 11.4. The predicted octanol–water partition coefficient (Wildman–Crippen LogP) is 2.62. The molecule has 0 aromatic carbocycles. The molecule has 0 rings (SSSR count). The van der Waals surface area contributed by atoms with E-state index in [-0.39, 0.29) is 11.0 Å². The van der Waals surface area contributed by atoms with Crippen molar-refractivity contribution in [1.82, 2.24) is 0 Å². The molecule has 3 heteroatoms. The van der Waals surface area contributed by atoms with Crippen molar-refractivity contribution in [3.05, 3.63) is 12.2 Å². The first-order chi connectivity index (χ1) is 6.63. The number of rotatable bonds is 6. The zero-order valence-electron chi connectivity index (χ0n) is 9.19. The summed E-state index contributed by atoms with van der Waals surface area (Å²) in [4.78, 5) is 11.4. The molecule has 0 heterocycles. The fourth-order valence-electron chi connectivity index (χ4n) is 0.982. The Kier molecular flexibility index (Phi) is 7.90. The van der Waals surface area contributed by atoms with Gasteiger partial charge < -0.3 is 5.11 Å². The van der Waals surface area contributed by atoms with E-state index >= 15 is 0 Å². The maximum atomic E-state index is 11.4. The Morgan fingerprint density at radius 3 is 2.64 bits per heavy atom. The van der Waals surface area contributed by atoms with Gasteiger partial charge in [0.05, 0.1) is 12.0 Å². The molecular weight excluding hydrogens is 196 g/mol. The summed E-state index contributed by atoms with van der Waals surface area (Å²) in [5.74, 6) is 0.474. The highest BCUT2D eigenvalue weighted by atomic mass is 32.2. The first-order valence-corrected chi connectivity index (χ1v) is 6.13. The molecule has 0 radical (unpaired) electrons. The van der Waals surface area contributed by atoms with Crippen LogP contribution in [0.5, 0.6) is 0 Å². The summed E-state index contributed by atoms with van der Waals surface area (Å²) in [5, 5.41) is 9.69. The van der Waals surface area contributed by atoms with E-state index in [2.05, 4.69) is 6.92 Å². The average molecular weight is 216 g/mol. The van der Waals surface area contributed by atoms with Gasteiger partial charge in [0.1, 0.15) is 0 Å². The Labute approximate surface area is 90.8 Å². The molecule has 2 nitrogen and oxygen atoms in total. The van der Waals surface area contributed by atoms with Gasteiger partial charge in [0.2, 0.25) is 0 Å². The van der Waals surface area contributed by atoms with E-state index < -0.39 is 6.10 Å². The molecule has 14 heavy (non-hydrogen) atoms. The third-order valence-corrected chi connectivity index (χ3v) is 2.90. The third kappa shape index (κ3) is 5.45. The fourth-order valence-corrected chi connectivity index (χ4v) is 1.67. The van der Waals surface area contributed by atoms with Gasteiger partial charge >= 0.3 is 0 Å². The van der Waals surface area contributed by atoms with Crippen LogP contribution in [0.2, 0.25) is 0 Å². The highest BCUT2D eigenvalue weighted by Crippen LogP contribution is 2.15. The summed E-state index contributed by atoms with van der Waals surface area (Å²) in [7, 11) is 0. The summed E-state index contributed by atoms with van der Waals surface area (Å²) in [6.07, 6.45) is 5.05. The lowest BCUT2D eigenvalue weighted by Crippen LogP contribution is -2.21. The van der Waals surface area contributed by atoms with Crippen LogP contribution in [0.3, 0.4) is 0 Å². The summed E-state index contributed by atoms with van der Waals surface area (Å²) < 4.78 is 0. The smallest absolute Gasteiger partial charge is 0.194 e. The van der Waals surface area contributed by atoms with Crippen LogP contribution >= 0.6 is 11.8 Å². The van der Waals surface area contributed by atoms with E-state index in [1.807, 2.05) is 13.0 Å². The van der Waals surface area contributed by atoms with Crippen LogP contribution in [0.4, 0.5) is 0 Å². The van der Waals surface area contributed by atoms with Crippen LogP contribution in [0.15, 0.2) is 12.2 Å². The van der Waals surface area contributed by atoms with E-state index in [0.717, 1.165) is 18.6 Å². The predicted molar refractivity (Wildman–Crippen MR) is 62.4 cm³/mol. The molecule has 0 fully saturated rings. The van der Waals surface area contributed by atoms with Gasteiger partial charge in [0.25, 0.3) is 0 Å². The summed E-state index contributed by atoms with van der Waals surface area (Å²) in [5.41, 5.74) is 0. The highest BCUT2D eigenvalue weighted by molar-refractivity contribution is 8.13. The lowest BCUT2D eigenvalue weighted by molar-refractivity contribution is -0.116. The molecule has 0 aliphatic carbocycles. The molecule has 2 atom stereocenters. The standard InChI is InChI=1S/C11H20O2S/c1-4-6-7-8-10(12)9(3)11(13)14-5-2/h7-10,12H,4-6H2,1-3H3/b8-7+/t9-,10+/m0/s1. The van der Waals surface area contributed by atoms with E-state index in [9.17, 15) is 9.90 Å². The van der Waals surface area contributed by atoms with E-state index in [0.29, 0.717) is 0 Å². The van der Waals surface area contributed by atoms with Crippen molar-refractivity contribution in [3.8, 4) is 0 Å². The minimum Gasteiger partial charge on any atom is -0.388 e. The third-order valence-electron chi connectivity index (χ3n) is 1.96. The largest absolute Gasteiger partial charge is 0.388 e. The number of hydrogen-bond donors (Lipinski definition) is 1. The first kappa shape index (κ1) is 13.7. The molecule has 0 unspecified atom stereocenters. The van der Waals surface area contributed by atoms with Crippen LogP contribution < -0.4 is 0 Å². The molecule has 0 saturated heterocycles. The second-order valence-electron chi connectivity index (χ2n) is 3.25. The van der Waals surface area contributed by atoms with E-state index in [4.69, 9.17) is 0 Å². The second-order valence-corrected chi connectivity index (χ2v) is 4.52. The Morgan fingerprint density at radius 2 is 2.14 bits per heavy atom. The van der Waals surface area contributed by atoms with Crippen molar-refractivity contribution in [2.24, 2.45) is 5.92 Å². The van der Waals surface area contributed by atoms with Crippen LogP contribution in [0.25, 0.3) is 0 Å². The normalized spacial score (nSPS) is 15.7. The number of aliphatic hydroxyl groups excluding tert-OH is 1. The number of carbonyl (C=O) groups is 1. The van der Waals surface area contributed by atoms with Crippen LogP contribution in [0, 0.1) is 5.92 Å². The Morgan fingerprint density at radius 1 is 1.50 bits per heavy atom. The summed E-state index contributed by atoms with van der Waals surface area (Å²) in [6.45, 7) is 5.79. The average Bonchev–Trinajstić information content (AvgIpc) is 2.17. The Balaban J connectivity index is 3.97. The highest BCUT2D eigenvalue weighted by Gasteiger charge is 2.19. The molecule has 0 aliphatic heterocycles. The van der Waals surface area contributed by atoms with Gasteiger partial charge in [-0.3, -0.25) is 4.79 Å². The van der Waals surface area contributed by atoms with Gasteiger partial charge in [-0.15, -0.1) is 0 Å². The van der Waals surface area contributed by atoms with Gasteiger partial charge in [-0.2, -0.15) is 0 Å². The number of aliphatic hydroxyl groups is 1. The number of hydrogen-bond acceptors (Lipinski definition) is 3. The van der Waals surface area contributed by atoms with Crippen LogP contribution in [-0.4, -0.2) is 22.1 Å². The number of unbranched alkanes of at least 4 members (excludes halogenated alkanes) is 1. The van der Waals surface area contributed by atoms with Gasteiger partial charge in [0, 0.05) is 0 Å². The van der Waals surface area contributed by atoms with Gasteiger partial charge in [0.15, 0.2) is 5.12 Å². The number of carbonyl (C=O) groups excluding carboxylic acids is 1. The minimum atomic E-state index is -0.631. The summed E-state index contributed by atoms with van der Waals surface area (Å²) >= 11 is 1.27. The Bertz CT molecular complexity index is 190. The molecule has 1 N–H and O–H groups in total. The molecule has 82 valence electrons. The Hall–Kier alpha value is -0.280. The van der Waals surface area contributed by atoms with Gasteiger partial charge in [-0.05, 0) is 12.2 Å². The van der Waals surface area contributed by atoms with Crippen molar-refractivity contribution in [3.63, 3.8) is 0 Å². The van der Waals surface area contributed by atoms with E-state index in [1.165, 1.54) is 11.8 Å². The van der Waals surface area contributed by atoms with Crippen molar-refractivity contribution in [1.29, 1.82) is 0 Å². The summed E-state index contributed by atoms with van der Waals surface area (Å²) in [6, 6.07) is 0. The topological polar surface area (TPSA) is 37.3 Å². The molecule has 0 amide bonds. The lowest BCUT2D eigenvalue weighted by Gasteiger charge is -2.13. The zero-order chi connectivity index (χ0) is 11.0. The lowest BCUT2D eigenvalue weighted by atomic mass is 10.1. The molecule has 0 aliphatic rings. The van der Waals surface area contributed by atoms with Crippen LogP contribution in [0.1, 0.15) is 33.6 Å². The number of thioether (sulfide) groups is 1. The number of allylic oxidation sites excluding steroid dienone is 1. The zero-order valence-corrected chi connectivity index (χ0v) is 10.0. The fraction of sp³-hybridized carbons (Fsp3) is 0.727.